The maximum absolute atomic E-state index is 13.6. The van der Waals surface area contributed by atoms with Gasteiger partial charge >= 0.3 is 0 Å². The number of phenolic OH excluding ortho intramolecular Hbond substituents is 1. The first-order valence-corrected chi connectivity index (χ1v) is 35.9. The Morgan fingerprint density at radius 2 is 1.00 bits per heavy atom. The molecule has 0 bridgehead atoms. The number of carbonyl (C=O) groups excluding carboxylic acids is 4. The molecule has 22 heteroatoms. The van der Waals surface area contributed by atoms with E-state index < -0.39 is 71.9 Å². The molecule has 0 aromatic heterocycles. The Morgan fingerprint density at radius 3 is 1.38 bits per heavy atom. The number of aliphatic hydroxyl groups is 1. The standard InChI is InChI=1S/C31H47ClN4O4Si2.C19H19ClN4O4.C6H15ClSi/c1-20-24(17-18-25(33-9)26(20)32)34-27(21(2)39-41(10,11)30(3,4)5)29(38)36-35-28(37)22-15-14-16-23(19-22)40-42(12,13)31(6,7)8;1-10-14(7-8-15(21-3)16(10)20)22-17(11(2)25)19(28)24-23-18(27)12-5-4-6-13(26)9-12;1-6(2,3)8(4,5)7/h14-19,21,27,34H,1-8,10-13H3,(H,35,37)(H,36,38);4-9,11,17,22,25-26H,1-2H3,(H,23,27)(H,24,28);1-5H3/t21-,27-;11-,17-;/m11./s1. The third-order valence-electron chi connectivity index (χ3n) is 14.2. The van der Waals surface area contributed by atoms with Gasteiger partial charge in [-0.15, -0.1) is 0 Å². The summed E-state index contributed by atoms with van der Waals surface area (Å²) in [6, 6.07) is 17.0. The number of benzene rings is 4. The Labute approximate surface area is 480 Å². The highest BCUT2D eigenvalue weighted by atomic mass is 35.6. The van der Waals surface area contributed by atoms with E-state index >= 15 is 0 Å². The fraction of sp³-hybridized carbons (Fsp3) is 0.464. The number of hydrazine groups is 2. The van der Waals surface area contributed by atoms with Crippen LogP contribution in [0.5, 0.6) is 11.5 Å². The van der Waals surface area contributed by atoms with Gasteiger partial charge < -0.3 is 29.7 Å². The second kappa shape index (κ2) is 28.0. The van der Waals surface area contributed by atoms with Crippen LogP contribution in [0.2, 0.25) is 64.4 Å². The molecular weight excluding hydrogens is 1100 g/mol. The number of hydrogen-bond acceptors (Lipinski definition) is 10. The number of hydrogen-bond donors (Lipinski definition) is 8. The van der Waals surface area contributed by atoms with Crippen molar-refractivity contribution in [2.45, 2.75) is 169 Å². The molecule has 0 spiro atoms. The Hall–Kier alpha value is -5.62. The van der Waals surface area contributed by atoms with Gasteiger partial charge in [0.25, 0.3) is 23.6 Å². The van der Waals surface area contributed by atoms with Crippen molar-refractivity contribution < 1.29 is 38.2 Å². The number of nitrogens with zero attached hydrogens (tertiary/aromatic N) is 2. The van der Waals surface area contributed by atoms with Crippen LogP contribution >= 0.6 is 34.3 Å². The van der Waals surface area contributed by atoms with Gasteiger partial charge in [0.05, 0.1) is 35.4 Å². The molecule has 0 unspecified atom stereocenters. The summed E-state index contributed by atoms with van der Waals surface area (Å²) >= 11 is 18.7. The van der Waals surface area contributed by atoms with E-state index in [1.165, 1.54) is 37.3 Å². The number of nitrogens with one attached hydrogen (secondary N) is 6. The lowest BCUT2D eigenvalue weighted by Gasteiger charge is -2.40. The average Bonchev–Trinajstić information content (AvgIpc) is 3.32. The number of halogens is 3. The molecule has 0 aliphatic rings. The molecule has 16 nitrogen and oxygen atoms in total. The van der Waals surface area contributed by atoms with Crippen molar-refractivity contribution in [3.05, 3.63) is 128 Å². The van der Waals surface area contributed by atoms with Crippen LogP contribution in [0.25, 0.3) is 9.69 Å². The predicted octanol–water partition coefficient (Wildman–Crippen LogP) is 14.0. The van der Waals surface area contributed by atoms with Crippen molar-refractivity contribution >= 4 is 105 Å². The van der Waals surface area contributed by atoms with Crippen molar-refractivity contribution in [3.63, 3.8) is 0 Å². The summed E-state index contributed by atoms with van der Waals surface area (Å²) in [6.07, 6.45) is -1.65. The van der Waals surface area contributed by atoms with Crippen LogP contribution < -0.4 is 36.8 Å². The highest BCUT2D eigenvalue weighted by molar-refractivity contribution is 7.20. The van der Waals surface area contributed by atoms with Crippen LogP contribution in [0, 0.1) is 27.0 Å². The quantitative estimate of drug-likeness (QED) is 0.0259. The lowest BCUT2D eigenvalue weighted by atomic mass is 10.1. The molecule has 0 aliphatic carbocycles. The molecule has 4 aromatic carbocycles. The van der Waals surface area contributed by atoms with E-state index in [2.05, 4.69) is 144 Å². The van der Waals surface area contributed by atoms with Gasteiger partial charge in [-0.1, -0.05) is 123 Å². The molecule has 0 fully saturated rings. The Balaban J connectivity index is 0.000000494. The predicted molar refractivity (Wildman–Crippen MR) is 326 cm³/mol. The molecule has 4 rings (SSSR count). The Kier molecular flexibility index (Phi) is 24.6. The first-order chi connectivity index (χ1) is 35.6. The van der Waals surface area contributed by atoms with Crippen LogP contribution in [-0.2, 0) is 14.0 Å². The maximum atomic E-state index is 13.6. The van der Waals surface area contributed by atoms with E-state index in [0.29, 0.717) is 49.6 Å². The lowest BCUT2D eigenvalue weighted by Crippen LogP contribution is -2.55. The van der Waals surface area contributed by atoms with E-state index in [1.807, 2.05) is 13.0 Å². The summed E-state index contributed by atoms with van der Waals surface area (Å²) in [5, 5.41) is 26.3. The highest BCUT2D eigenvalue weighted by Gasteiger charge is 2.42. The van der Waals surface area contributed by atoms with Crippen molar-refractivity contribution in [1.29, 1.82) is 0 Å². The molecular formula is C56H81Cl3N8O8Si3. The molecule has 426 valence electrons. The minimum atomic E-state index is -2.25. The van der Waals surface area contributed by atoms with E-state index in [-0.39, 0.29) is 32.1 Å². The number of aromatic hydroxyl groups is 1. The molecule has 4 atom stereocenters. The summed E-state index contributed by atoms with van der Waals surface area (Å²) in [5.74, 6) is -1.73. The summed E-state index contributed by atoms with van der Waals surface area (Å²) in [7, 11) is -5.74. The number of anilines is 2. The Bertz CT molecular complexity index is 2840. The summed E-state index contributed by atoms with van der Waals surface area (Å²) < 4.78 is 12.9. The summed E-state index contributed by atoms with van der Waals surface area (Å²) in [6.45, 7) is 53.4. The molecule has 0 heterocycles. The van der Waals surface area contributed by atoms with E-state index in [4.69, 9.17) is 56.3 Å². The molecule has 78 heavy (non-hydrogen) atoms. The third kappa shape index (κ3) is 19.6. The zero-order valence-corrected chi connectivity index (χ0v) is 53.9. The minimum Gasteiger partial charge on any atom is -0.543 e. The Morgan fingerprint density at radius 1 is 0.603 bits per heavy atom. The lowest BCUT2D eigenvalue weighted by molar-refractivity contribution is -0.125. The SMILES string of the molecule is CC(C)(C)[Si](C)(C)Cl.[C-]#[N+]c1ccc(N[C@@H](C(=O)NNC(=O)c2cccc(O)c2)[C@@H](C)O)c(C)c1Cl.[C-]#[N+]c1ccc(N[C@@H](C(=O)NNC(=O)c2cccc(O[Si](C)(C)C(C)(C)C)c2)[C@@H](C)O[Si](C)(C)C(C)(C)C)c(C)c1Cl. The first-order valence-electron chi connectivity index (χ1n) is 25.3. The number of carbonyl (C=O) groups is 4. The molecule has 4 aromatic rings. The molecule has 0 aliphatic heterocycles. The number of aliphatic hydroxyl groups excluding tert-OH is 1. The molecule has 8 N–H and O–H groups in total. The molecule has 0 saturated carbocycles. The first kappa shape index (κ1) is 68.5. The van der Waals surface area contributed by atoms with E-state index in [0.717, 1.165) is 0 Å². The maximum Gasteiger partial charge on any atom is 0.269 e. The van der Waals surface area contributed by atoms with Gasteiger partial charge in [0, 0.05) is 22.5 Å². The second-order valence-electron chi connectivity index (χ2n) is 23.5. The van der Waals surface area contributed by atoms with Gasteiger partial charge in [0.15, 0.2) is 15.7 Å². The van der Waals surface area contributed by atoms with Gasteiger partial charge in [-0.2, -0.15) is 11.1 Å². The number of phenols is 1. The van der Waals surface area contributed by atoms with E-state index in [9.17, 15) is 29.4 Å². The normalized spacial score (nSPS) is 13.4. The van der Waals surface area contributed by atoms with E-state index in [1.54, 1.807) is 50.2 Å². The smallest absolute Gasteiger partial charge is 0.269 e. The van der Waals surface area contributed by atoms with Gasteiger partial charge in [-0.3, -0.25) is 40.9 Å². The monoisotopic (exact) mass is 1180 g/mol. The highest BCUT2D eigenvalue weighted by Crippen LogP contribution is 2.41. The molecule has 0 saturated heterocycles. The van der Waals surface area contributed by atoms with Gasteiger partial charge in [0.2, 0.25) is 19.7 Å². The van der Waals surface area contributed by atoms with Crippen LogP contribution in [0.3, 0.4) is 0 Å². The largest absolute Gasteiger partial charge is 0.543 e. The van der Waals surface area contributed by atoms with Crippen molar-refractivity contribution in [2.24, 2.45) is 0 Å². The van der Waals surface area contributed by atoms with Crippen molar-refractivity contribution in [3.8, 4) is 11.5 Å². The van der Waals surface area contributed by atoms with Crippen molar-refractivity contribution in [1.82, 2.24) is 21.7 Å². The van der Waals surface area contributed by atoms with Gasteiger partial charge in [-0.05, 0) is 129 Å². The van der Waals surface area contributed by atoms with Crippen LogP contribution in [0.15, 0.2) is 72.8 Å². The van der Waals surface area contributed by atoms with Gasteiger partial charge in [-0.25, -0.2) is 9.69 Å². The summed E-state index contributed by atoms with van der Waals surface area (Å²) in [4.78, 5) is 57.9. The third-order valence-corrected chi connectivity index (χ3v) is 29.3. The zero-order chi connectivity index (χ0) is 60.1. The molecule has 0 radical (unpaired) electrons. The number of rotatable bonds is 14. The van der Waals surface area contributed by atoms with Crippen molar-refractivity contribution in [2.75, 3.05) is 10.6 Å². The fourth-order valence-corrected chi connectivity index (χ4v) is 8.86. The second-order valence-corrected chi connectivity index (χ2v) is 41.0. The van der Waals surface area contributed by atoms with Crippen LogP contribution in [0.4, 0.5) is 22.7 Å². The van der Waals surface area contributed by atoms with Crippen LogP contribution in [-0.4, -0.2) is 82.2 Å². The topological polar surface area (TPSA) is 208 Å². The van der Waals surface area contributed by atoms with Crippen LogP contribution in [0.1, 0.15) is 108 Å². The number of amides is 4. The average molecular weight is 1180 g/mol. The van der Waals surface area contributed by atoms with Gasteiger partial charge in [0.1, 0.15) is 23.6 Å². The summed E-state index contributed by atoms with van der Waals surface area (Å²) in [5.41, 5.74) is 13.0. The minimum absolute atomic E-state index is 0.00328. The zero-order valence-electron chi connectivity index (χ0n) is 48.6. The molecule has 4 amide bonds. The fourth-order valence-electron chi connectivity index (χ4n) is 6.01.